The third-order valence-corrected chi connectivity index (χ3v) is 6.93. The van der Waals surface area contributed by atoms with E-state index in [1.807, 2.05) is 25.7 Å². The predicted molar refractivity (Wildman–Crippen MR) is 127 cm³/mol. The van der Waals surface area contributed by atoms with Crippen LogP contribution in [0.2, 0.25) is 0 Å². The van der Waals surface area contributed by atoms with E-state index in [4.69, 9.17) is 0 Å². The molecular formula is C25H37F3N4O3. The summed E-state index contributed by atoms with van der Waals surface area (Å²) in [6.45, 7) is 12.5. The first-order chi connectivity index (χ1) is 16.0. The largest absolute Gasteiger partial charge is 0.465 e. The molecule has 1 aliphatic carbocycles. The Labute approximate surface area is 205 Å². The van der Waals surface area contributed by atoms with Crippen molar-refractivity contribution < 1.29 is 27.9 Å². The van der Waals surface area contributed by atoms with E-state index in [1.165, 1.54) is 11.0 Å². The molecule has 2 N–H and O–H groups in total. The monoisotopic (exact) mass is 498 g/mol. The predicted octanol–water partition coefficient (Wildman–Crippen LogP) is 5.01. The number of hydrogen-bond donors (Lipinski definition) is 2. The van der Waals surface area contributed by atoms with E-state index >= 15 is 0 Å². The van der Waals surface area contributed by atoms with E-state index in [-0.39, 0.29) is 23.3 Å². The summed E-state index contributed by atoms with van der Waals surface area (Å²) in [5.74, 6) is 0.622. The Hall–Kier alpha value is -2.52. The van der Waals surface area contributed by atoms with Crippen LogP contribution in [-0.4, -0.2) is 57.7 Å². The van der Waals surface area contributed by atoms with Crippen molar-refractivity contribution in [3.05, 3.63) is 23.9 Å². The van der Waals surface area contributed by atoms with E-state index in [0.29, 0.717) is 31.2 Å². The number of rotatable bonds is 5. The molecule has 2 heterocycles. The molecule has 4 atom stereocenters. The zero-order valence-electron chi connectivity index (χ0n) is 21.3. The third-order valence-electron chi connectivity index (χ3n) is 6.93. The quantitative estimate of drug-likeness (QED) is 0.596. The molecule has 35 heavy (non-hydrogen) atoms. The highest BCUT2D eigenvalue weighted by Gasteiger charge is 2.46. The smallest absolute Gasteiger partial charge is 0.417 e. The van der Waals surface area contributed by atoms with Crippen LogP contribution in [0.4, 0.5) is 23.8 Å². The van der Waals surface area contributed by atoms with Crippen molar-refractivity contribution in [2.45, 2.75) is 84.6 Å². The van der Waals surface area contributed by atoms with Gasteiger partial charge in [-0.25, -0.2) is 9.78 Å². The lowest BCUT2D eigenvalue weighted by atomic mass is 9.85. The summed E-state index contributed by atoms with van der Waals surface area (Å²) in [6, 6.07) is 1.48. The molecule has 7 nitrogen and oxygen atoms in total. The van der Waals surface area contributed by atoms with Crippen molar-refractivity contribution >= 4 is 17.8 Å². The van der Waals surface area contributed by atoms with Crippen LogP contribution < -0.4 is 10.2 Å². The summed E-state index contributed by atoms with van der Waals surface area (Å²) in [5, 5.41) is 13.1. The summed E-state index contributed by atoms with van der Waals surface area (Å²) in [4.78, 5) is 32.9. The zero-order chi connectivity index (χ0) is 26.3. The highest BCUT2D eigenvalue weighted by Crippen LogP contribution is 2.40. The molecule has 2 aliphatic rings. The minimum atomic E-state index is -4.43. The van der Waals surface area contributed by atoms with Crippen LogP contribution in [0.15, 0.2) is 18.3 Å². The second-order valence-corrected chi connectivity index (χ2v) is 12.0. The van der Waals surface area contributed by atoms with E-state index < -0.39 is 29.4 Å². The Morgan fingerprint density at radius 3 is 2.29 bits per heavy atom. The second-order valence-electron chi connectivity index (χ2n) is 12.0. The average molecular weight is 499 g/mol. The molecule has 0 spiro atoms. The zero-order valence-corrected chi connectivity index (χ0v) is 21.3. The number of pyridine rings is 1. The SMILES string of the molecule is CC(C)(C)C[C@@H](C(=O)N[C@H]1CC[C@@H]2CN(c3ccc(C(F)(F)F)cn3)C[C@@H]21)N(C(=O)O)C(C)(C)C. The van der Waals surface area contributed by atoms with E-state index in [0.717, 1.165) is 25.1 Å². The first kappa shape index (κ1) is 27.1. The molecule has 0 aromatic carbocycles. The van der Waals surface area contributed by atoms with E-state index in [9.17, 15) is 27.9 Å². The molecule has 10 heteroatoms. The van der Waals surface area contributed by atoms with Gasteiger partial charge in [0.1, 0.15) is 11.9 Å². The third kappa shape index (κ3) is 6.38. The number of hydrogen-bond acceptors (Lipinski definition) is 4. The number of nitrogens with one attached hydrogen (secondary N) is 1. The Morgan fingerprint density at radius 2 is 1.80 bits per heavy atom. The molecule has 196 valence electrons. The summed E-state index contributed by atoms with van der Waals surface area (Å²) in [5.41, 5.74) is -1.80. The summed E-state index contributed by atoms with van der Waals surface area (Å²) in [6.07, 6.45) is -2.65. The Balaban J connectivity index is 1.73. The molecule has 1 aromatic heterocycles. The fraction of sp³-hybridized carbons (Fsp3) is 0.720. The number of carboxylic acid groups (broad SMARTS) is 1. The number of carbonyl (C=O) groups is 2. The standard InChI is InChI=1S/C25H37F3N4O3/c1-23(2,3)11-19(32(22(34)35)24(4,5)6)21(33)30-18-9-7-15-13-31(14-17(15)18)20-10-8-16(12-29-20)25(26,27)28/h8,10,12,15,17-19H,7,9,11,13-14H2,1-6H3,(H,30,33)(H,34,35)/t15-,17+,18+,19+/m1/s1. The molecule has 0 bridgehead atoms. The fourth-order valence-corrected chi connectivity index (χ4v) is 5.42. The van der Waals surface area contributed by atoms with Gasteiger partial charge in [-0.3, -0.25) is 9.69 Å². The number of amides is 2. The van der Waals surface area contributed by atoms with E-state index in [1.54, 1.807) is 20.8 Å². The lowest BCUT2D eigenvalue weighted by Gasteiger charge is -2.41. The van der Waals surface area contributed by atoms with Gasteiger partial charge >= 0.3 is 12.3 Å². The number of nitrogens with zero attached hydrogens (tertiary/aromatic N) is 3. The molecule has 1 saturated carbocycles. The maximum absolute atomic E-state index is 13.5. The Bertz CT molecular complexity index is 922. The molecule has 2 amide bonds. The number of fused-ring (bicyclic) bond motifs is 1. The summed E-state index contributed by atoms with van der Waals surface area (Å²) >= 11 is 0. The Kier molecular flexibility index (Phi) is 7.35. The first-order valence-electron chi connectivity index (χ1n) is 12.1. The van der Waals surface area contributed by atoms with E-state index in [2.05, 4.69) is 10.3 Å². The number of alkyl halides is 3. The molecule has 1 aliphatic heterocycles. The van der Waals surface area contributed by atoms with Crippen LogP contribution >= 0.6 is 0 Å². The van der Waals surface area contributed by atoms with Gasteiger partial charge in [0.15, 0.2) is 0 Å². The minimum absolute atomic E-state index is 0.120. The van der Waals surface area contributed by atoms with Gasteiger partial charge in [-0.1, -0.05) is 20.8 Å². The van der Waals surface area contributed by atoms with Gasteiger partial charge in [0.05, 0.1) is 5.56 Å². The van der Waals surface area contributed by atoms with Crippen molar-refractivity contribution in [1.82, 2.24) is 15.2 Å². The number of anilines is 1. The van der Waals surface area contributed by atoms with Crippen LogP contribution in [-0.2, 0) is 11.0 Å². The number of carbonyl (C=O) groups excluding carboxylic acids is 1. The van der Waals surface area contributed by atoms with Crippen molar-refractivity contribution in [3.8, 4) is 0 Å². The lowest BCUT2D eigenvalue weighted by molar-refractivity contribution is -0.137. The number of halogens is 3. The molecule has 3 rings (SSSR count). The van der Waals surface area contributed by atoms with Gasteiger partial charge in [-0.2, -0.15) is 13.2 Å². The van der Waals surface area contributed by atoms with Gasteiger partial charge in [-0.05, 0) is 63.5 Å². The van der Waals surface area contributed by atoms with Crippen molar-refractivity contribution in [2.24, 2.45) is 17.3 Å². The highest BCUT2D eigenvalue weighted by atomic mass is 19.4. The summed E-state index contributed by atoms with van der Waals surface area (Å²) in [7, 11) is 0. The van der Waals surface area contributed by atoms with Crippen LogP contribution in [0.3, 0.4) is 0 Å². The minimum Gasteiger partial charge on any atom is -0.465 e. The Morgan fingerprint density at radius 1 is 1.14 bits per heavy atom. The molecule has 0 unspecified atom stereocenters. The first-order valence-corrected chi connectivity index (χ1v) is 12.1. The molecule has 2 fully saturated rings. The van der Waals surface area contributed by atoms with Gasteiger partial charge in [-0.15, -0.1) is 0 Å². The van der Waals surface area contributed by atoms with Gasteiger partial charge in [0.2, 0.25) is 5.91 Å². The van der Waals surface area contributed by atoms with Gasteiger partial charge in [0, 0.05) is 36.8 Å². The second kappa shape index (κ2) is 9.50. The van der Waals surface area contributed by atoms with Gasteiger partial charge < -0.3 is 15.3 Å². The maximum atomic E-state index is 13.5. The van der Waals surface area contributed by atoms with Crippen LogP contribution in [0.25, 0.3) is 0 Å². The molecule has 0 radical (unpaired) electrons. The normalized spacial score (nSPS) is 23.7. The van der Waals surface area contributed by atoms with Crippen molar-refractivity contribution in [3.63, 3.8) is 0 Å². The van der Waals surface area contributed by atoms with Crippen molar-refractivity contribution in [2.75, 3.05) is 18.0 Å². The molecule has 1 saturated heterocycles. The average Bonchev–Trinajstić information content (AvgIpc) is 3.26. The number of aromatic nitrogens is 1. The topological polar surface area (TPSA) is 85.8 Å². The highest BCUT2D eigenvalue weighted by molar-refractivity contribution is 5.86. The fourth-order valence-electron chi connectivity index (χ4n) is 5.42. The van der Waals surface area contributed by atoms with Crippen LogP contribution in [0.1, 0.15) is 66.4 Å². The maximum Gasteiger partial charge on any atom is 0.417 e. The molecular weight excluding hydrogens is 461 g/mol. The van der Waals surface area contributed by atoms with Gasteiger partial charge in [0.25, 0.3) is 0 Å². The van der Waals surface area contributed by atoms with Crippen LogP contribution in [0, 0.1) is 17.3 Å². The lowest BCUT2D eigenvalue weighted by Crippen LogP contribution is -2.59. The van der Waals surface area contributed by atoms with Crippen molar-refractivity contribution in [1.29, 1.82) is 0 Å². The molecule has 1 aromatic rings. The summed E-state index contributed by atoms with van der Waals surface area (Å²) < 4.78 is 38.6. The van der Waals surface area contributed by atoms with Crippen LogP contribution in [0.5, 0.6) is 0 Å².